The smallest absolute Gasteiger partial charge is 0.249 e. The molecule has 6 nitrogen and oxygen atoms in total. The van der Waals surface area contributed by atoms with E-state index in [0.717, 1.165) is 31.9 Å². The molecule has 1 aromatic rings. The highest BCUT2D eigenvalue weighted by atomic mass is 16.2. The van der Waals surface area contributed by atoms with E-state index in [1.807, 2.05) is 12.1 Å². The van der Waals surface area contributed by atoms with E-state index >= 15 is 0 Å². The summed E-state index contributed by atoms with van der Waals surface area (Å²) in [5, 5.41) is 5.59. The van der Waals surface area contributed by atoms with E-state index in [1.54, 1.807) is 0 Å². The van der Waals surface area contributed by atoms with E-state index in [9.17, 15) is 9.59 Å². The lowest BCUT2D eigenvalue weighted by atomic mass is 10.0. The molecule has 2 heterocycles. The number of carbonyl (C=O) groups is 2. The van der Waals surface area contributed by atoms with Gasteiger partial charge in [0, 0.05) is 49.5 Å². The minimum Gasteiger partial charge on any atom is -0.374 e. The SMILES string of the molecule is CC(C)(C)N1CCN(c2ccc(NC3CCC(=O)NC3=O)cc2)CC1. The maximum atomic E-state index is 11.8. The molecule has 3 rings (SSSR count). The highest BCUT2D eigenvalue weighted by Crippen LogP contribution is 2.23. The van der Waals surface area contributed by atoms with Gasteiger partial charge in [-0.05, 0) is 51.5 Å². The minimum atomic E-state index is -0.334. The van der Waals surface area contributed by atoms with Gasteiger partial charge in [0.25, 0.3) is 0 Å². The second kappa shape index (κ2) is 7.04. The molecule has 136 valence electrons. The number of piperazine rings is 1. The third kappa shape index (κ3) is 4.31. The van der Waals surface area contributed by atoms with Crippen molar-refractivity contribution in [3.05, 3.63) is 24.3 Å². The molecule has 2 saturated heterocycles. The van der Waals surface area contributed by atoms with Gasteiger partial charge in [0.15, 0.2) is 0 Å². The van der Waals surface area contributed by atoms with E-state index in [2.05, 4.69) is 53.3 Å². The number of benzene rings is 1. The van der Waals surface area contributed by atoms with Crippen LogP contribution in [0.5, 0.6) is 0 Å². The van der Waals surface area contributed by atoms with Crippen molar-refractivity contribution in [3.8, 4) is 0 Å². The number of nitrogens with zero attached hydrogens (tertiary/aromatic N) is 2. The Balaban J connectivity index is 1.56. The van der Waals surface area contributed by atoms with Crippen LogP contribution < -0.4 is 15.5 Å². The molecule has 2 amide bonds. The number of amides is 2. The van der Waals surface area contributed by atoms with Gasteiger partial charge < -0.3 is 10.2 Å². The monoisotopic (exact) mass is 344 g/mol. The van der Waals surface area contributed by atoms with Crippen LogP contribution in [0.1, 0.15) is 33.6 Å². The lowest BCUT2D eigenvalue weighted by Crippen LogP contribution is -2.53. The largest absolute Gasteiger partial charge is 0.374 e. The zero-order valence-electron chi connectivity index (χ0n) is 15.3. The lowest BCUT2D eigenvalue weighted by molar-refractivity contribution is -0.133. The molecule has 1 atom stereocenters. The zero-order chi connectivity index (χ0) is 18.0. The van der Waals surface area contributed by atoms with Crippen molar-refractivity contribution in [2.45, 2.75) is 45.2 Å². The summed E-state index contributed by atoms with van der Waals surface area (Å²) in [5.41, 5.74) is 2.34. The molecular weight excluding hydrogens is 316 g/mol. The molecule has 0 aromatic heterocycles. The Morgan fingerprint density at radius 1 is 1.04 bits per heavy atom. The fourth-order valence-electron chi connectivity index (χ4n) is 3.44. The number of piperidine rings is 1. The average molecular weight is 344 g/mol. The first-order valence-electron chi connectivity index (χ1n) is 9.03. The summed E-state index contributed by atoms with van der Waals surface area (Å²) in [7, 11) is 0. The van der Waals surface area contributed by atoms with Crippen LogP contribution in [-0.4, -0.2) is 54.5 Å². The van der Waals surface area contributed by atoms with Gasteiger partial charge in [-0.3, -0.25) is 19.8 Å². The maximum absolute atomic E-state index is 11.8. The van der Waals surface area contributed by atoms with Gasteiger partial charge in [0.2, 0.25) is 11.8 Å². The maximum Gasteiger partial charge on any atom is 0.249 e. The Labute approximate surface area is 149 Å². The van der Waals surface area contributed by atoms with Crippen molar-refractivity contribution in [1.82, 2.24) is 10.2 Å². The Bertz CT molecular complexity index is 628. The van der Waals surface area contributed by atoms with Crippen LogP contribution in [-0.2, 0) is 9.59 Å². The van der Waals surface area contributed by atoms with Crippen molar-refractivity contribution in [2.75, 3.05) is 36.4 Å². The van der Waals surface area contributed by atoms with Gasteiger partial charge in [-0.2, -0.15) is 0 Å². The summed E-state index contributed by atoms with van der Waals surface area (Å²) in [6, 6.07) is 7.88. The predicted octanol–water partition coefficient (Wildman–Crippen LogP) is 1.82. The Kier molecular flexibility index (Phi) is 4.99. The molecule has 0 radical (unpaired) electrons. The summed E-state index contributed by atoms with van der Waals surface area (Å²) >= 11 is 0. The second-order valence-electron chi connectivity index (χ2n) is 7.84. The molecule has 2 fully saturated rings. The summed E-state index contributed by atoms with van der Waals surface area (Å²) in [6.45, 7) is 11.0. The van der Waals surface area contributed by atoms with Gasteiger partial charge in [-0.25, -0.2) is 0 Å². The predicted molar refractivity (Wildman–Crippen MR) is 99.8 cm³/mol. The minimum absolute atomic E-state index is 0.187. The first-order valence-corrected chi connectivity index (χ1v) is 9.03. The third-order valence-corrected chi connectivity index (χ3v) is 5.04. The highest BCUT2D eigenvalue weighted by molar-refractivity contribution is 6.01. The van der Waals surface area contributed by atoms with E-state index in [1.165, 1.54) is 5.69 Å². The highest BCUT2D eigenvalue weighted by Gasteiger charge is 2.27. The van der Waals surface area contributed by atoms with Crippen molar-refractivity contribution in [2.24, 2.45) is 0 Å². The molecule has 0 aliphatic carbocycles. The van der Waals surface area contributed by atoms with Gasteiger partial charge in [0.1, 0.15) is 6.04 Å². The molecule has 2 N–H and O–H groups in total. The van der Waals surface area contributed by atoms with Gasteiger partial charge in [-0.1, -0.05) is 0 Å². The van der Waals surface area contributed by atoms with Crippen LogP contribution in [0.3, 0.4) is 0 Å². The Morgan fingerprint density at radius 3 is 2.24 bits per heavy atom. The molecule has 6 heteroatoms. The fraction of sp³-hybridized carbons (Fsp3) is 0.579. The number of hydrogen-bond donors (Lipinski definition) is 2. The van der Waals surface area contributed by atoms with Crippen LogP contribution in [0.15, 0.2) is 24.3 Å². The summed E-state index contributed by atoms with van der Waals surface area (Å²) < 4.78 is 0. The normalized spacial score (nSPS) is 22.7. The van der Waals surface area contributed by atoms with Gasteiger partial charge in [-0.15, -0.1) is 0 Å². The number of rotatable bonds is 3. The zero-order valence-corrected chi connectivity index (χ0v) is 15.3. The van der Waals surface area contributed by atoms with Crippen molar-refractivity contribution in [1.29, 1.82) is 0 Å². The Hall–Kier alpha value is -2.08. The van der Waals surface area contributed by atoms with Crippen molar-refractivity contribution in [3.63, 3.8) is 0 Å². The fourth-order valence-corrected chi connectivity index (χ4v) is 3.44. The first kappa shape index (κ1) is 17.7. The first-order chi connectivity index (χ1) is 11.8. The molecule has 0 spiro atoms. The molecule has 0 bridgehead atoms. The van der Waals surface area contributed by atoms with Crippen LogP contribution in [0.4, 0.5) is 11.4 Å². The molecule has 25 heavy (non-hydrogen) atoms. The molecule has 0 saturated carbocycles. The number of hydrogen-bond acceptors (Lipinski definition) is 5. The van der Waals surface area contributed by atoms with Crippen molar-refractivity contribution >= 4 is 23.2 Å². The van der Waals surface area contributed by atoms with E-state index in [-0.39, 0.29) is 23.4 Å². The number of nitrogens with one attached hydrogen (secondary N) is 2. The number of anilines is 2. The van der Waals surface area contributed by atoms with Crippen LogP contribution in [0, 0.1) is 0 Å². The van der Waals surface area contributed by atoms with E-state index in [0.29, 0.717) is 12.8 Å². The summed E-state index contributed by atoms with van der Waals surface area (Å²) in [4.78, 5) is 28.0. The van der Waals surface area contributed by atoms with Crippen LogP contribution in [0.25, 0.3) is 0 Å². The van der Waals surface area contributed by atoms with Gasteiger partial charge in [0.05, 0.1) is 0 Å². The molecule has 1 aromatic carbocycles. The summed E-state index contributed by atoms with van der Waals surface area (Å²) in [6.07, 6.45) is 0.931. The second-order valence-corrected chi connectivity index (χ2v) is 7.84. The molecular formula is C19H28N4O2. The van der Waals surface area contributed by atoms with E-state index < -0.39 is 0 Å². The summed E-state index contributed by atoms with van der Waals surface area (Å²) in [5.74, 6) is -0.425. The quantitative estimate of drug-likeness (QED) is 0.819. The van der Waals surface area contributed by atoms with Crippen LogP contribution >= 0.6 is 0 Å². The average Bonchev–Trinajstić information content (AvgIpc) is 2.57. The standard InChI is InChI=1S/C19H28N4O2/c1-19(2,3)23-12-10-22(11-13-23)15-6-4-14(5-7-15)20-16-8-9-17(24)21-18(16)25/h4-7,16,20H,8-13H2,1-3H3,(H,21,24,25). The van der Waals surface area contributed by atoms with Crippen molar-refractivity contribution < 1.29 is 9.59 Å². The van der Waals surface area contributed by atoms with Gasteiger partial charge >= 0.3 is 0 Å². The van der Waals surface area contributed by atoms with Crippen LogP contribution in [0.2, 0.25) is 0 Å². The van der Waals surface area contributed by atoms with E-state index in [4.69, 9.17) is 0 Å². The topological polar surface area (TPSA) is 64.7 Å². The number of imide groups is 1. The third-order valence-electron chi connectivity index (χ3n) is 5.04. The Morgan fingerprint density at radius 2 is 1.68 bits per heavy atom. The number of carbonyl (C=O) groups excluding carboxylic acids is 2. The molecule has 1 unspecified atom stereocenters. The molecule has 2 aliphatic heterocycles. The molecule has 2 aliphatic rings. The lowest BCUT2D eigenvalue weighted by Gasteiger charge is -2.43.